The first kappa shape index (κ1) is 21.9. The van der Waals surface area contributed by atoms with Crippen LogP contribution in [0.4, 0.5) is 0 Å². The Balaban J connectivity index is -0.000000197. The molecule has 0 aromatic carbocycles. The Morgan fingerprint density at radius 1 is 0.833 bits per heavy atom. The molecule has 0 aromatic rings. The monoisotopic (exact) mass is 312 g/mol. The number of carboxylic acid groups (broad SMARTS) is 2. The van der Waals surface area contributed by atoms with Gasteiger partial charge in [0.2, 0.25) is 0 Å². The molecule has 0 atom stereocenters. The molecule has 0 aliphatic carbocycles. The second kappa shape index (κ2) is 9.68. The maximum atomic E-state index is 9.50. The van der Waals surface area contributed by atoms with Crippen LogP contribution in [0, 0.1) is 0 Å². The summed E-state index contributed by atoms with van der Waals surface area (Å²) in [6, 6.07) is 0. The number of rotatable bonds is 3. The van der Waals surface area contributed by atoms with E-state index in [0.717, 1.165) is 0 Å². The smallest absolute Gasteiger partial charge is 0.428 e. The summed E-state index contributed by atoms with van der Waals surface area (Å²) < 4.78 is 51.1. The van der Waals surface area contributed by atoms with Gasteiger partial charge in [0, 0.05) is 11.9 Å². The molecule has 0 spiro atoms. The molecule has 0 aliphatic heterocycles. The van der Waals surface area contributed by atoms with Crippen LogP contribution in [0.15, 0.2) is 0 Å². The van der Waals surface area contributed by atoms with Gasteiger partial charge >= 0.3 is 20.6 Å². The van der Waals surface area contributed by atoms with E-state index in [0.29, 0.717) is 0 Å². The minimum atomic E-state index is -3.92. The summed E-state index contributed by atoms with van der Waals surface area (Å²) >= 11 is 0. The van der Waals surface area contributed by atoms with Crippen molar-refractivity contribution >= 4 is 32.5 Å². The van der Waals surface area contributed by atoms with E-state index in [4.69, 9.17) is 25.9 Å². The van der Waals surface area contributed by atoms with Crippen molar-refractivity contribution in [2.75, 3.05) is 0 Å². The van der Waals surface area contributed by atoms with Gasteiger partial charge in [-0.15, -0.1) is 16.8 Å². The Bertz CT molecular complexity index is 390. The average molecular weight is 312 g/mol. The molecule has 0 heterocycles. The first-order chi connectivity index (χ1) is 7.63. The lowest BCUT2D eigenvalue weighted by atomic mass is 10.3. The van der Waals surface area contributed by atoms with Gasteiger partial charge in [0.15, 0.2) is 0 Å². The number of hydrogen-bond acceptors (Lipinski definition) is 8. The quantitative estimate of drug-likeness (QED) is 0.358. The molecular weight excluding hydrogens is 300 g/mol. The van der Waals surface area contributed by atoms with E-state index in [1.165, 1.54) is 0 Å². The standard InChI is InChI=1S/C4H6O4.2H3NO3S/c5-3(6)1-2-4(7)8;2*1-5(2,3)4/h1-2H2,(H,5,6)(H,7,8);2*(H3,1,2,3,4). The summed E-state index contributed by atoms with van der Waals surface area (Å²) in [7, 11) is -7.83. The number of hydrogen-bond donors (Lipinski definition) is 4. The first-order valence-electron chi connectivity index (χ1n) is 3.63. The van der Waals surface area contributed by atoms with Gasteiger partial charge < -0.3 is 19.8 Å². The highest BCUT2D eigenvalue weighted by Crippen LogP contribution is 1.81. The lowest BCUT2D eigenvalue weighted by Crippen LogP contribution is -2.55. The van der Waals surface area contributed by atoms with Crippen molar-refractivity contribution in [3.63, 3.8) is 0 Å². The van der Waals surface area contributed by atoms with Crippen molar-refractivity contribution in [3.8, 4) is 0 Å². The van der Waals surface area contributed by atoms with Crippen molar-refractivity contribution in [1.29, 1.82) is 0 Å². The molecule has 110 valence electrons. The maximum absolute atomic E-state index is 9.50. The predicted molar refractivity (Wildman–Crippen MR) is 48.1 cm³/mol. The molecule has 0 aromatic heterocycles. The molecular formula is C4H12N2O10S2. The molecule has 14 heteroatoms. The van der Waals surface area contributed by atoms with E-state index in [1.54, 1.807) is 0 Å². The second-order valence-electron chi connectivity index (χ2n) is 2.41. The van der Waals surface area contributed by atoms with Crippen LogP contribution in [-0.2, 0) is 30.2 Å². The fourth-order valence-corrected chi connectivity index (χ4v) is 0.204. The molecule has 0 saturated carbocycles. The molecule has 0 fully saturated rings. The zero-order valence-electron chi connectivity index (χ0n) is 8.81. The lowest BCUT2D eigenvalue weighted by molar-refractivity contribution is -0.315. The van der Waals surface area contributed by atoms with Crippen molar-refractivity contribution < 1.29 is 56.0 Å². The normalized spacial score (nSPS) is 10.2. The molecule has 0 radical (unpaired) electrons. The molecule has 12 nitrogen and oxygen atoms in total. The van der Waals surface area contributed by atoms with Crippen LogP contribution >= 0.6 is 0 Å². The number of quaternary nitrogens is 2. The van der Waals surface area contributed by atoms with E-state index in [2.05, 4.69) is 10.3 Å². The second-order valence-corrected chi connectivity index (χ2v) is 4.74. The highest BCUT2D eigenvalue weighted by molar-refractivity contribution is 7.78. The first-order valence-corrected chi connectivity index (χ1v) is 6.85. The minimum Gasteiger partial charge on any atom is -0.550 e. The van der Waals surface area contributed by atoms with Crippen LogP contribution in [-0.4, -0.2) is 37.9 Å². The number of carboxylic acids is 2. The molecule has 0 amide bonds. The van der Waals surface area contributed by atoms with E-state index >= 15 is 0 Å². The molecule has 18 heavy (non-hydrogen) atoms. The fraction of sp³-hybridized carbons (Fsp3) is 0.500. The van der Waals surface area contributed by atoms with E-state index in [-0.39, 0.29) is 0 Å². The number of carbonyl (C=O) groups is 2. The molecule has 8 N–H and O–H groups in total. The molecule has 0 aliphatic rings. The third-order valence-electron chi connectivity index (χ3n) is 0.533. The van der Waals surface area contributed by atoms with E-state index in [9.17, 15) is 19.8 Å². The lowest BCUT2D eigenvalue weighted by Gasteiger charge is -2.00. The van der Waals surface area contributed by atoms with Gasteiger partial charge in [-0.25, -0.2) is 19.4 Å². The van der Waals surface area contributed by atoms with Gasteiger partial charge in [-0.05, 0) is 12.8 Å². The zero-order valence-corrected chi connectivity index (χ0v) is 10.4. The summed E-state index contributed by atoms with van der Waals surface area (Å²) in [6.45, 7) is 0. The van der Waals surface area contributed by atoms with Crippen LogP contribution in [0.25, 0.3) is 0 Å². The Labute approximate surface area is 102 Å². The molecule has 0 unspecified atom stereocenters. The van der Waals surface area contributed by atoms with Crippen LogP contribution in [0.2, 0.25) is 0 Å². The highest BCUT2D eigenvalue weighted by Gasteiger charge is 1.88. The average Bonchev–Trinajstić information content (AvgIpc) is 1.93. The SMILES string of the molecule is O=C([O-])CCC(=O)[O-].[NH3+]S(=O)(=O)O.[NH3+]S(=O)(=O)O. The summed E-state index contributed by atoms with van der Waals surface area (Å²) in [5, 5.41) is 23.6. The minimum absolute atomic E-state index is 0.470. The summed E-state index contributed by atoms with van der Waals surface area (Å²) in [6.07, 6.45) is -0.940. The third-order valence-corrected chi connectivity index (χ3v) is 0.533. The number of aliphatic carboxylic acids is 2. The van der Waals surface area contributed by atoms with Gasteiger partial charge in [0.25, 0.3) is 0 Å². The van der Waals surface area contributed by atoms with Gasteiger partial charge in [-0.2, -0.15) is 0 Å². The van der Waals surface area contributed by atoms with Crippen LogP contribution in [0.3, 0.4) is 0 Å². The van der Waals surface area contributed by atoms with Gasteiger partial charge in [0.1, 0.15) is 0 Å². The van der Waals surface area contributed by atoms with E-state index < -0.39 is 45.4 Å². The predicted octanol–water partition coefficient (Wildman–Crippen LogP) is -6.67. The van der Waals surface area contributed by atoms with Crippen LogP contribution in [0.5, 0.6) is 0 Å². The fourth-order valence-electron chi connectivity index (χ4n) is 0.204. The van der Waals surface area contributed by atoms with Gasteiger partial charge in [-0.1, -0.05) is 0 Å². The summed E-state index contributed by atoms with van der Waals surface area (Å²) in [5.74, 6) is -2.73. The van der Waals surface area contributed by atoms with E-state index in [1.807, 2.05) is 0 Å². The Morgan fingerprint density at radius 3 is 1.00 bits per heavy atom. The van der Waals surface area contributed by atoms with Crippen LogP contribution in [0.1, 0.15) is 12.8 Å². The van der Waals surface area contributed by atoms with Crippen molar-refractivity contribution in [2.24, 2.45) is 0 Å². The number of carbonyl (C=O) groups excluding carboxylic acids is 2. The zero-order chi connectivity index (χ0) is 15.6. The van der Waals surface area contributed by atoms with Crippen molar-refractivity contribution in [3.05, 3.63) is 0 Å². The van der Waals surface area contributed by atoms with Crippen molar-refractivity contribution in [1.82, 2.24) is 0 Å². The topological polar surface area (TPSA) is 244 Å². The summed E-state index contributed by atoms with van der Waals surface area (Å²) in [4.78, 5) is 19.0. The molecule has 0 saturated heterocycles. The molecule has 0 rings (SSSR count). The summed E-state index contributed by atoms with van der Waals surface area (Å²) in [5.41, 5.74) is 0. The Morgan fingerprint density at radius 2 is 0.944 bits per heavy atom. The Kier molecular flexibility index (Phi) is 11.8. The third kappa shape index (κ3) is 203. The Hall–Kier alpha value is -1.32. The van der Waals surface area contributed by atoms with Crippen LogP contribution < -0.4 is 20.5 Å². The van der Waals surface area contributed by atoms with Gasteiger partial charge in [-0.3, -0.25) is 0 Å². The highest BCUT2D eigenvalue weighted by atomic mass is 32.2. The van der Waals surface area contributed by atoms with Crippen molar-refractivity contribution in [2.45, 2.75) is 12.8 Å². The maximum Gasteiger partial charge on any atom is 0.428 e. The largest absolute Gasteiger partial charge is 0.550 e. The molecule has 0 bridgehead atoms. The van der Waals surface area contributed by atoms with Gasteiger partial charge in [0.05, 0.1) is 0 Å².